The second-order valence-electron chi connectivity index (χ2n) is 5.82. The van der Waals surface area contributed by atoms with Crippen LogP contribution in [0.1, 0.15) is 19.4 Å². The van der Waals surface area contributed by atoms with Crippen LogP contribution >= 0.6 is 20.7 Å². The molecule has 0 aliphatic carbocycles. The lowest BCUT2D eigenvalue weighted by Crippen LogP contribution is -2.46. The van der Waals surface area contributed by atoms with Crippen molar-refractivity contribution in [3.05, 3.63) is 63.7 Å². The van der Waals surface area contributed by atoms with Crippen LogP contribution < -0.4 is 4.74 Å². The molecule has 1 heterocycles. The van der Waals surface area contributed by atoms with Gasteiger partial charge >= 0.3 is 11.9 Å². The Hall–Kier alpha value is -2.22. The maximum absolute atomic E-state index is 12.0. The third-order valence-corrected chi connectivity index (χ3v) is 6.06. The first-order valence-corrected chi connectivity index (χ1v) is 9.84. The fraction of sp³-hybridized carbons (Fsp3) is 0.211. The largest absolute Gasteiger partial charge is 0.489 e. The van der Waals surface area contributed by atoms with Gasteiger partial charge in [-0.1, -0.05) is 51.1 Å². The second kappa shape index (κ2) is 7.35. The highest BCUT2D eigenvalue weighted by atomic mass is 127. The Balaban J connectivity index is 1.68. The minimum absolute atomic E-state index is 0.107. The summed E-state index contributed by atoms with van der Waals surface area (Å²) in [6, 6.07) is 17.3. The molecule has 2 aromatic carbocycles. The monoisotopic (exact) mass is 452 g/mol. The number of esters is 2. The van der Waals surface area contributed by atoms with Gasteiger partial charge in [-0.05, 0) is 29.8 Å². The van der Waals surface area contributed by atoms with Gasteiger partial charge in [-0.3, -0.25) is 0 Å². The molecule has 3 rings (SSSR count). The van der Waals surface area contributed by atoms with Gasteiger partial charge < -0.3 is 14.2 Å². The molecular formula is C19H17IO5. The average molecular weight is 452 g/mol. The van der Waals surface area contributed by atoms with E-state index in [-0.39, 0.29) is 3.51 Å². The molecule has 1 aliphatic rings. The second-order valence-corrected chi connectivity index (χ2v) is 8.68. The predicted molar refractivity (Wildman–Crippen MR) is 101 cm³/mol. The zero-order valence-electron chi connectivity index (χ0n) is 13.8. The number of benzene rings is 2. The summed E-state index contributed by atoms with van der Waals surface area (Å²) in [6.07, 6.45) is 0. The summed E-state index contributed by atoms with van der Waals surface area (Å²) in [5.41, 5.74) is 1.09. The molecule has 0 radical (unpaired) electrons. The lowest BCUT2D eigenvalue weighted by atomic mass is 10.2. The maximum atomic E-state index is 12.0. The van der Waals surface area contributed by atoms with E-state index in [1.807, 2.05) is 54.6 Å². The zero-order valence-corrected chi connectivity index (χ0v) is 16.0. The summed E-state index contributed by atoms with van der Waals surface area (Å²) in [7, 11) is 0. The van der Waals surface area contributed by atoms with E-state index in [4.69, 9.17) is 14.2 Å². The highest BCUT2D eigenvalue weighted by molar-refractivity contribution is 14.2. The molecule has 6 heteroatoms. The number of hydrogen-bond acceptors (Lipinski definition) is 5. The first-order valence-electron chi connectivity index (χ1n) is 7.68. The lowest BCUT2D eigenvalue weighted by molar-refractivity contribution is -0.214. The molecule has 0 atom stereocenters. The Morgan fingerprint density at radius 3 is 2.12 bits per heavy atom. The summed E-state index contributed by atoms with van der Waals surface area (Å²) >= 11 is -0.972. The summed E-state index contributed by atoms with van der Waals surface area (Å²) < 4.78 is 17.0. The molecule has 0 aromatic heterocycles. The molecule has 0 unspecified atom stereocenters. The van der Waals surface area contributed by atoms with Crippen LogP contribution in [-0.4, -0.2) is 21.2 Å². The molecule has 2 aromatic rings. The zero-order chi connectivity index (χ0) is 17.9. The van der Waals surface area contributed by atoms with Crippen molar-refractivity contribution in [1.82, 2.24) is 0 Å². The van der Waals surface area contributed by atoms with Gasteiger partial charge in [0.1, 0.15) is 12.4 Å². The van der Waals surface area contributed by atoms with E-state index in [1.54, 1.807) is 0 Å². The Bertz CT molecular complexity index is 787. The third kappa shape index (κ3) is 4.66. The van der Waals surface area contributed by atoms with Crippen LogP contribution in [0.25, 0.3) is 0 Å². The molecule has 130 valence electrons. The Morgan fingerprint density at radius 2 is 1.52 bits per heavy atom. The van der Waals surface area contributed by atoms with E-state index >= 15 is 0 Å². The molecular weight excluding hydrogens is 435 g/mol. The van der Waals surface area contributed by atoms with E-state index in [0.29, 0.717) is 6.61 Å². The molecule has 5 nitrogen and oxygen atoms in total. The topological polar surface area (TPSA) is 61.8 Å². The van der Waals surface area contributed by atoms with Crippen molar-refractivity contribution in [2.45, 2.75) is 26.2 Å². The summed E-state index contributed by atoms with van der Waals surface area (Å²) in [6.45, 7) is 3.56. The quantitative estimate of drug-likeness (QED) is 0.526. The van der Waals surface area contributed by atoms with Crippen LogP contribution in [0.15, 0.2) is 54.6 Å². The minimum atomic E-state index is -1.20. The van der Waals surface area contributed by atoms with Crippen LogP contribution in [0, 0.1) is 3.57 Å². The van der Waals surface area contributed by atoms with Gasteiger partial charge in [0.2, 0.25) is 0 Å². The first kappa shape index (κ1) is 17.6. The number of hydrogen-bond donors (Lipinski definition) is 0. The van der Waals surface area contributed by atoms with Gasteiger partial charge in [-0.25, -0.2) is 9.59 Å². The number of ether oxygens (including phenoxy) is 3. The van der Waals surface area contributed by atoms with Gasteiger partial charge in [-0.15, -0.1) is 0 Å². The number of carbonyl (C=O) groups excluding carboxylic acids is 2. The van der Waals surface area contributed by atoms with Gasteiger partial charge in [-0.2, -0.15) is 0 Å². The molecule has 0 amide bonds. The molecule has 0 spiro atoms. The normalized spacial score (nSPS) is 16.2. The SMILES string of the molecule is CC1(C)OC(=O)C(=Ic2ccc(OCc3ccccc3)cc2)C(=O)O1. The Morgan fingerprint density at radius 1 is 0.920 bits per heavy atom. The fourth-order valence-corrected chi connectivity index (χ4v) is 4.16. The smallest absolute Gasteiger partial charge is 0.354 e. The van der Waals surface area contributed by atoms with E-state index in [9.17, 15) is 9.59 Å². The van der Waals surface area contributed by atoms with Crippen LogP contribution in [0.3, 0.4) is 0 Å². The van der Waals surface area contributed by atoms with Gasteiger partial charge in [0.05, 0.1) is 0 Å². The Kier molecular flexibility index (Phi) is 5.17. The molecule has 1 fully saturated rings. The molecule has 0 saturated carbocycles. The van der Waals surface area contributed by atoms with Crippen LogP contribution in [-0.2, 0) is 25.7 Å². The van der Waals surface area contributed by atoms with Crippen molar-refractivity contribution in [3.63, 3.8) is 0 Å². The van der Waals surface area contributed by atoms with Crippen LogP contribution in [0.5, 0.6) is 5.75 Å². The van der Waals surface area contributed by atoms with Crippen LogP contribution in [0.2, 0.25) is 0 Å². The van der Waals surface area contributed by atoms with Crippen molar-refractivity contribution in [3.8, 4) is 5.75 Å². The number of carbonyl (C=O) groups is 2. The first-order chi connectivity index (χ1) is 11.9. The highest BCUT2D eigenvalue weighted by Gasteiger charge is 2.39. The Labute approximate surface area is 155 Å². The van der Waals surface area contributed by atoms with Crippen molar-refractivity contribution >= 4 is 36.2 Å². The fourth-order valence-electron chi connectivity index (χ4n) is 2.16. The molecule has 1 saturated heterocycles. The van der Waals surface area contributed by atoms with E-state index in [0.717, 1.165) is 14.9 Å². The van der Waals surface area contributed by atoms with Crippen molar-refractivity contribution in [2.24, 2.45) is 0 Å². The predicted octanol–water partition coefficient (Wildman–Crippen LogP) is 3.41. The molecule has 0 bridgehead atoms. The van der Waals surface area contributed by atoms with E-state index < -0.39 is 38.5 Å². The van der Waals surface area contributed by atoms with Gasteiger partial charge in [0, 0.05) is 17.4 Å². The number of cyclic esters (lactones) is 2. The van der Waals surface area contributed by atoms with Crippen molar-refractivity contribution in [2.75, 3.05) is 0 Å². The standard InChI is InChI=1S/C19H17IO5/c1-19(2)24-17(21)16(18(22)25-19)20-14-8-10-15(11-9-14)23-12-13-6-4-3-5-7-13/h3-11H,12H2,1-2H3. The third-order valence-electron chi connectivity index (χ3n) is 3.30. The average Bonchev–Trinajstić information content (AvgIpc) is 2.57. The molecule has 0 N–H and O–H groups in total. The summed E-state index contributed by atoms with van der Waals surface area (Å²) in [5.74, 6) is -1.63. The maximum Gasteiger partial charge on any atom is 0.354 e. The minimum Gasteiger partial charge on any atom is -0.489 e. The molecule has 25 heavy (non-hydrogen) atoms. The summed E-state index contributed by atoms with van der Waals surface area (Å²) in [4.78, 5) is 24.0. The highest BCUT2D eigenvalue weighted by Crippen LogP contribution is 2.25. The number of halogens is 1. The van der Waals surface area contributed by atoms with Gasteiger partial charge in [0.15, 0.2) is 3.51 Å². The summed E-state index contributed by atoms with van der Waals surface area (Å²) in [5, 5.41) is 0. The number of rotatable bonds is 4. The van der Waals surface area contributed by atoms with Gasteiger partial charge in [0.25, 0.3) is 5.79 Å². The van der Waals surface area contributed by atoms with Crippen molar-refractivity contribution < 1.29 is 23.8 Å². The lowest BCUT2D eigenvalue weighted by Gasteiger charge is -2.29. The molecule has 1 aliphatic heterocycles. The van der Waals surface area contributed by atoms with Crippen molar-refractivity contribution in [1.29, 1.82) is 0 Å². The van der Waals surface area contributed by atoms with E-state index in [1.165, 1.54) is 13.8 Å². The van der Waals surface area contributed by atoms with E-state index in [2.05, 4.69) is 0 Å². The van der Waals surface area contributed by atoms with Crippen LogP contribution in [0.4, 0.5) is 0 Å².